The SMILES string of the molecule is C#CC(C)(C)C.Cc1ccc(C2CC3(C)C(O)CCC3C3CCC4=CC(=O)CCC4=C23)cc1. The summed E-state index contributed by atoms with van der Waals surface area (Å²) < 4.78 is 0. The molecule has 5 atom stereocenters. The predicted molar refractivity (Wildman–Crippen MR) is 136 cm³/mol. The van der Waals surface area contributed by atoms with Crippen LogP contribution in [-0.2, 0) is 4.79 Å². The molecule has 2 fully saturated rings. The van der Waals surface area contributed by atoms with Crippen molar-refractivity contribution in [2.24, 2.45) is 22.7 Å². The predicted octanol–water partition coefficient (Wildman–Crippen LogP) is 6.92. The van der Waals surface area contributed by atoms with Crippen LogP contribution in [0.15, 0.2) is 47.1 Å². The van der Waals surface area contributed by atoms with Gasteiger partial charge >= 0.3 is 0 Å². The van der Waals surface area contributed by atoms with Crippen molar-refractivity contribution in [1.82, 2.24) is 0 Å². The molecular weight excluding hydrogens is 404 g/mol. The van der Waals surface area contributed by atoms with Gasteiger partial charge in [0.15, 0.2) is 5.78 Å². The number of ketones is 1. The third kappa shape index (κ3) is 4.63. The van der Waals surface area contributed by atoms with E-state index in [1.54, 1.807) is 5.57 Å². The summed E-state index contributed by atoms with van der Waals surface area (Å²) in [4.78, 5) is 12.0. The summed E-state index contributed by atoms with van der Waals surface area (Å²) in [6.45, 7) is 10.5. The van der Waals surface area contributed by atoms with Gasteiger partial charge in [-0.1, -0.05) is 42.3 Å². The molecule has 2 heteroatoms. The summed E-state index contributed by atoms with van der Waals surface area (Å²) in [6, 6.07) is 9.03. The summed E-state index contributed by atoms with van der Waals surface area (Å²) in [5.41, 5.74) is 7.22. The maximum absolute atomic E-state index is 12.0. The molecule has 0 bridgehead atoms. The minimum atomic E-state index is -0.174. The Labute approximate surface area is 200 Å². The lowest BCUT2D eigenvalue weighted by molar-refractivity contribution is -0.114. The summed E-state index contributed by atoms with van der Waals surface area (Å²) in [6.07, 6.45) is 13.7. The second-order valence-electron chi connectivity index (χ2n) is 12.0. The number of carbonyl (C=O) groups excluding carboxylic acids is 1. The highest BCUT2D eigenvalue weighted by molar-refractivity contribution is 5.93. The molecule has 33 heavy (non-hydrogen) atoms. The number of benzene rings is 1. The van der Waals surface area contributed by atoms with Gasteiger partial charge in [0.25, 0.3) is 0 Å². The molecular formula is C31H40O2. The molecule has 1 aromatic rings. The maximum atomic E-state index is 12.0. The van der Waals surface area contributed by atoms with E-state index in [2.05, 4.69) is 44.0 Å². The molecule has 0 aromatic heterocycles. The molecule has 1 N–H and O–H groups in total. The normalized spacial score (nSPS) is 33.1. The van der Waals surface area contributed by atoms with E-state index in [-0.39, 0.29) is 16.9 Å². The molecule has 0 saturated heterocycles. The first kappa shape index (κ1) is 24.0. The van der Waals surface area contributed by atoms with Gasteiger partial charge in [0.05, 0.1) is 6.10 Å². The Hall–Kier alpha value is -2.11. The monoisotopic (exact) mass is 444 g/mol. The Morgan fingerprint density at radius 2 is 1.73 bits per heavy atom. The van der Waals surface area contributed by atoms with E-state index in [0.29, 0.717) is 30.0 Å². The number of rotatable bonds is 1. The second kappa shape index (κ2) is 8.92. The molecule has 0 spiro atoms. The lowest BCUT2D eigenvalue weighted by Crippen LogP contribution is -2.45. The Kier molecular flexibility index (Phi) is 6.49. The first-order valence-corrected chi connectivity index (χ1v) is 12.7. The number of hydrogen-bond donors (Lipinski definition) is 1. The number of fused-ring (bicyclic) bond motifs is 4. The van der Waals surface area contributed by atoms with E-state index >= 15 is 0 Å². The van der Waals surface area contributed by atoms with Gasteiger partial charge in [-0.05, 0) is 106 Å². The molecule has 176 valence electrons. The van der Waals surface area contributed by atoms with Gasteiger partial charge < -0.3 is 5.11 Å². The molecule has 5 rings (SSSR count). The molecule has 4 aliphatic rings. The molecule has 0 aliphatic heterocycles. The van der Waals surface area contributed by atoms with Gasteiger partial charge in [-0.15, -0.1) is 12.3 Å². The van der Waals surface area contributed by atoms with E-state index in [1.807, 2.05) is 26.8 Å². The Morgan fingerprint density at radius 1 is 1.06 bits per heavy atom. The van der Waals surface area contributed by atoms with Gasteiger partial charge in [-0.2, -0.15) is 0 Å². The molecule has 0 radical (unpaired) electrons. The minimum absolute atomic E-state index is 0.0238. The van der Waals surface area contributed by atoms with E-state index in [9.17, 15) is 9.90 Å². The van der Waals surface area contributed by atoms with Crippen LogP contribution in [0.5, 0.6) is 0 Å². The van der Waals surface area contributed by atoms with Gasteiger partial charge in [0.2, 0.25) is 0 Å². The van der Waals surface area contributed by atoms with E-state index in [1.165, 1.54) is 22.3 Å². The highest BCUT2D eigenvalue weighted by atomic mass is 16.3. The van der Waals surface area contributed by atoms with Crippen molar-refractivity contribution < 1.29 is 9.90 Å². The van der Waals surface area contributed by atoms with Gasteiger partial charge in [0, 0.05) is 17.8 Å². The zero-order chi connectivity index (χ0) is 24.0. The van der Waals surface area contributed by atoms with Crippen LogP contribution in [0.1, 0.15) is 89.7 Å². The Bertz CT molecular complexity index is 1010. The van der Waals surface area contributed by atoms with Crippen LogP contribution in [-0.4, -0.2) is 17.0 Å². The largest absolute Gasteiger partial charge is 0.393 e. The quantitative estimate of drug-likeness (QED) is 0.477. The van der Waals surface area contributed by atoms with Crippen molar-refractivity contribution in [2.75, 3.05) is 0 Å². The fraction of sp³-hybridized carbons (Fsp3) is 0.581. The third-order valence-corrected chi connectivity index (χ3v) is 8.59. The lowest BCUT2D eigenvalue weighted by Gasteiger charge is -2.52. The van der Waals surface area contributed by atoms with Crippen molar-refractivity contribution in [3.05, 3.63) is 58.2 Å². The summed E-state index contributed by atoms with van der Waals surface area (Å²) in [5.74, 6) is 4.46. The molecule has 2 saturated carbocycles. The van der Waals surface area contributed by atoms with Crippen LogP contribution >= 0.6 is 0 Å². The number of aliphatic hydroxyl groups excluding tert-OH is 1. The molecule has 0 heterocycles. The molecule has 1 aromatic carbocycles. The zero-order valence-corrected chi connectivity index (χ0v) is 21.1. The number of terminal acetylenes is 1. The number of allylic oxidation sites excluding steroid dienone is 4. The fourth-order valence-electron chi connectivity index (χ4n) is 6.73. The van der Waals surface area contributed by atoms with Crippen LogP contribution in [0.3, 0.4) is 0 Å². The van der Waals surface area contributed by atoms with Crippen molar-refractivity contribution in [3.8, 4) is 12.3 Å². The van der Waals surface area contributed by atoms with Gasteiger partial charge in [-0.3, -0.25) is 4.79 Å². The summed E-state index contributed by atoms with van der Waals surface area (Å²) in [5, 5.41) is 10.9. The van der Waals surface area contributed by atoms with Crippen molar-refractivity contribution >= 4 is 5.78 Å². The smallest absolute Gasteiger partial charge is 0.156 e. The van der Waals surface area contributed by atoms with Crippen LogP contribution in [0.2, 0.25) is 0 Å². The average molecular weight is 445 g/mol. The van der Waals surface area contributed by atoms with Gasteiger partial charge in [-0.25, -0.2) is 0 Å². The minimum Gasteiger partial charge on any atom is -0.393 e. The summed E-state index contributed by atoms with van der Waals surface area (Å²) in [7, 11) is 0. The Balaban J connectivity index is 0.000000385. The van der Waals surface area contributed by atoms with Crippen molar-refractivity contribution in [3.63, 3.8) is 0 Å². The van der Waals surface area contributed by atoms with Crippen LogP contribution in [0.4, 0.5) is 0 Å². The molecule has 4 aliphatic carbocycles. The summed E-state index contributed by atoms with van der Waals surface area (Å²) >= 11 is 0. The lowest BCUT2D eigenvalue weighted by atomic mass is 9.53. The first-order chi connectivity index (χ1) is 15.5. The maximum Gasteiger partial charge on any atom is 0.156 e. The standard InChI is InChI=1S/C25H30O2.C6H10/c1-15-3-5-16(6-4-15)21-14-25(2)22(11-12-23(25)27)20-9-7-17-13-18(26)8-10-19(17)24(20)21;1-5-6(2,3)4/h3-6,13,20-23,27H,7-12,14H2,1-2H3;1H,2-4H3. The number of aryl methyl sites for hydroxylation is 1. The topological polar surface area (TPSA) is 37.3 Å². The second-order valence-corrected chi connectivity index (χ2v) is 12.0. The fourth-order valence-corrected chi connectivity index (χ4v) is 6.73. The van der Waals surface area contributed by atoms with Crippen molar-refractivity contribution in [2.45, 2.75) is 91.6 Å². The third-order valence-electron chi connectivity index (χ3n) is 8.59. The average Bonchev–Trinajstić information content (AvgIpc) is 3.07. The Morgan fingerprint density at radius 3 is 2.36 bits per heavy atom. The number of aliphatic hydroxyl groups is 1. The van der Waals surface area contributed by atoms with E-state index in [4.69, 9.17) is 6.42 Å². The molecule has 5 unspecified atom stereocenters. The van der Waals surface area contributed by atoms with Crippen LogP contribution in [0, 0.1) is 41.9 Å². The van der Waals surface area contributed by atoms with Crippen LogP contribution in [0.25, 0.3) is 0 Å². The molecule has 2 nitrogen and oxygen atoms in total. The highest BCUT2D eigenvalue weighted by Crippen LogP contribution is 2.63. The van der Waals surface area contributed by atoms with E-state index < -0.39 is 0 Å². The highest BCUT2D eigenvalue weighted by Gasteiger charge is 2.56. The van der Waals surface area contributed by atoms with Crippen molar-refractivity contribution in [1.29, 1.82) is 0 Å². The molecule has 0 amide bonds. The van der Waals surface area contributed by atoms with Gasteiger partial charge in [0.1, 0.15) is 0 Å². The zero-order valence-electron chi connectivity index (χ0n) is 21.1. The number of carbonyl (C=O) groups is 1. The first-order valence-electron chi connectivity index (χ1n) is 12.7. The van der Waals surface area contributed by atoms with Crippen LogP contribution < -0.4 is 0 Å². The number of hydrogen-bond acceptors (Lipinski definition) is 2. The van der Waals surface area contributed by atoms with E-state index in [0.717, 1.165) is 38.5 Å².